The van der Waals surface area contributed by atoms with Gasteiger partial charge in [-0.15, -0.1) is 0 Å². The number of carbonyl (C=O) groups is 2. The molecule has 2 atom stereocenters. The molecule has 3 aromatic rings. The van der Waals surface area contributed by atoms with E-state index in [2.05, 4.69) is 24.5 Å². The highest BCUT2D eigenvalue weighted by molar-refractivity contribution is 6.10. The van der Waals surface area contributed by atoms with Gasteiger partial charge in [-0.25, -0.2) is 0 Å². The van der Waals surface area contributed by atoms with Gasteiger partial charge in [-0.05, 0) is 73.7 Å². The minimum atomic E-state index is -0.692. The van der Waals surface area contributed by atoms with Crippen LogP contribution in [0.3, 0.4) is 0 Å². The first-order valence-electron chi connectivity index (χ1n) is 12.2. The molecule has 0 spiro atoms. The van der Waals surface area contributed by atoms with Crippen molar-refractivity contribution in [3.05, 3.63) is 83.9 Å². The van der Waals surface area contributed by atoms with Gasteiger partial charge in [0.25, 0.3) is 11.8 Å². The fourth-order valence-corrected chi connectivity index (χ4v) is 3.69. The largest absolute Gasteiger partial charge is 0.494 e. The molecule has 35 heavy (non-hydrogen) atoms. The van der Waals surface area contributed by atoms with E-state index in [-0.39, 0.29) is 11.8 Å². The maximum absolute atomic E-state index is 13.1. The van der Waals surface area contributed by atoms with Crippen LogP contribution >= 0.6 is 0 Å². The topological polar surface area (TPSA) is 76.7 Å². The Labute approximate surface area is 207 Å². The molecule has 184 valence electrons. The molecule has 0 radical (unpaired) electrons. The monoisotopic (exact) mass is 474 g/mol. The minimum Gasteiger partial charge on any atom is -0.494 e. The molecule has 0 bridgehead atoms. The molecular weight excluding hydrogens is 440 g/mol. The van der Waals surface area contributed by atoms with E-state index in [0.717, 1.165) is 17.7 Å². The highest BCUT2D eigenvalue weighted by atomic mass is 16.5. The summed E-state index contributed by atoms with van der Waals surface area (Å²) in [6.07, 6.45) is 0.768. The Kier molecular flexibility index (Phi) is 9.30. The Balaban J connectivity index is 1.73. The summed E-state index contributed by atoms with van der Waals surface area (Å²) in [7, 11) is 0. The standard InChI is InChI=1S/C29H34N2O4/c1-5-20(4)23-12-9-11-15-27(23)35-26(6-2)29(33)31-25-14-10-8-13-24(25)28(32)30-21-16-18-22(19-17-21)34-7-3/h8-20,26H,5-7H2,1-4H3,(H,30,32)(H,31,33). The van der Waals surface area contributed by atoms with Gasteiger partial charge < -0.3 is 20.1 Å². The van der Waals surface area contributed by atoms with Gasteiger partial charge in [0.05, 0.1) is 17.9 Å². The van der Waals surface area contributed by atoms with Gasteiger partial charge >= 0.3 is 0 Å². The summed E-state index contributed by atoms with van der Waals surface area (Å²) in [5.74, 6) is 1.15. The van der Waals surface area contributed by atoms with Crippen molar-refractivity contribution in [3.63, 3.8) is 0 Å². The van der Waals surface area contributed by atoms with Crippen LogP contribution in [0.5, 0.6) is 11.5 Å². The van der Waals surface area contributed by atoms with Crippen molar-refractivity contribution in [2.24, 2.45) is 0 Å². The second-order valence-electron chi connectivity index (χ2n) is 8.31. The predicted octanol–water partition coefficient (Wildman–Crippen LogP) is 6.65. The number of benzene rings is 3. The van der Waals surface area contributed by atoms with Crippen molar-refractivity contribution in [2.75, 3.05) is 17.2 Å². The Bertz CT molecular complexity index is 1130. The van der Waals surface area contributed by atoms with Crippen LogP contribution in [0, 0.1) is 0 Å². The highest BCUT2D eigenvalue weighted by Gasteiger charge is 2.22. The van der Waals surface area contributed by atoms with E-state index in [1.807, 2.05) is 38.1 Å². The molecule has 6 heteroatoms. The lowest BCUT2D eigenvalue weighted by molar-refractivity contribution is -0.122. The molecule has 2 amide bonds. The highest BCUT2D eigenvalue weighted by Crippen LogP contribution is 2.30. The van der Waals surface area contributed by atoms with Gasteiger partial charge in [0.2, 0.25) is 0 Å². The smallest absolute Gasteiger partial charge is 0.265 e. The first-order valence-corrected chi connectivity index (χ1v) is 12.2. The normalized spacial score (nSPS) is 12.3. The Hall–Kier alpha value is -3.80. The van der Waals surface area contributed by atoms with E-state index < -0.39 is 6.10 Å². The number of hydrogen-bond donors (Lipinski definition) is 2. The van der Waals surface area contributed by atoms with Gasteiger partial charge in [0, 0.05) is 5.69 Å². The molecular formula is C29H34N2O4. The number of carbonyl (C=O) groups excluding carboxylic acids is 2. The predicted molar refractivity (Wildman–Crippen MR) is 140 cm³/mol. The molecule has 0 aliphatic carbocycles. The summed E-state index contributed by atoms with van der Waals surface area (Å²) in [5.41, 5.74) is 2.51. The van der Waals surface area contributed by atoms with Crippen molar-refractivity contribution in [3.8, 4) is 11.5 Å². The van der Waals surface area contributed by atoms with E-state index in [0.29, 0.717) is 41.6 Å². The Morgan fingerprint density at radius 3 is 2.20 bits per heavy atom. The van der Waals surface area contributed by atoms with Crippen molar-refractivity contribution in [1.82, 2.24) is 0 Å². The van der Waals surface area contributed by atoms with Gasteiger partial charge in [-0.2, -0.15) is 0 Å². The van der Waals surface area contributed by atoms with Gasteiger partial charge in [0.1, 0.15) is 11.5 Å². The number of para-hydroxylation sites is 2. The molecule has 2 unspecified atom stereocenters. The van der Waals surface area contributed by atoms with Crippen LogP contribution in [0.15, 0.2) is 72.8 Å². The molecule has 6 nitrogen and oxygen atoms in total. The average molecular weight is 475 g/mol. The fourth-order valence-electron chi connectivity index (χ4n) is 3.69. The van der Waals surface area contributed by atoms with Crippen molar-refractivity contribution in [2.45, 2.75) is 52.6 Å². The van der Waals surface area contributed by atoms with E-state index in [1.165, 1.54) is 0 Å². The first-order chi connectivity index (χ1) is 17.0. The molecule has 0 fully saturated rings. The van der Waals surface area contributed by atoms with E-state index in [4.69, 9.17) is 9.47 Å². The minimum absolute atomic E-state index is 0.298. The number of anilines is 2. The molecule has 0 saturated heterocycles. The van der Waals surface area contributed by atoms with Crippen LogP contribution in [0.4, 0.5) is 11.4 Å². The van der Waals surface area contributed by atoms with E-state index >= 15 is 0 Å². The summed E-state index contributed by atoms with van der Waals surface area (Å²) in [5, 5.41) is 5.77. The third kappa shape index (κ3) is 6.85. The quantitative estimate of drug-likeness (QED) is 0.326. The number of amides is 2. The maximum Gasteiger partial charge on any atom is 0.265 e. The summed E-state index contributed by atoms with van der Waals surface area (Å²) in [4.78, 5) is 26.1. The zero-order chi connectivity index (χ0) is 25.2. The van der Waals surface area contributed by atoms with Gasteiger partial charge in [-0.1, -0.05) is 51.1 Å². The van der Waals surface area contributed by atoms with Gasteiger partial charge in [0.15, 0.2) is 6.10 Å². The molecule has 0 aromatic heterocycles. The molecule has 3 rings (SSSR count). The lowest BCUT2D eigenvalue weighted by Crippen LogP contribution is -2.33. The van der Waals surface area contributed by atoms with Crippen LogP contribution in [0.2, 0.25) is 0 Å². The molecule has 0 saturated carbocycles. The lowest BCUT2D eigenvalue weighted by Gasteiger charge is -2.22. The zero-order valence-corrected chi connectivity index (χ0v) is 20.8. The number of nitrogens with one attached hydrogen (secondary N) is 2. The number of rotatable bonds is 11. The van der Waals surface area contributed by atoms with Crippen molar-refractivity contribution < 1.29 is 19.1 Å². The summed E-state index contributed by atoms with van der Waals surface area (Å²) >= 11 is 0. The van der Waals surface area contributed by atoms with Crippen molar-refractivity contribution >= 4 is 23.2 Å². The number of hydrogen-bond acceptors (Lipinski definition) is 4. The van der Waals surface area contributed by atoms with E-state index in [1.54, 1.807) is 48.5 Å². The van der Waals surface area contributed by atoms with Crippen molar-refractivity contribution in [1.29, 1.82) is 0 Å². The molecule has 0 aliphatic heterocycles. The summed E-state index contributed by atoms with van der Waals surface area (Å²) < 4.78 is 11.6. The lowest BCUT2D eigenvalue weighted by atomic mass is 9.98. The second kappa shape index (κ2) is 12.6. The Morgan fingerprint density at radius 1 is 0.829 bits per heavy atom. The third-order valence-electron chi connectivity index (χ3n) is 5.85. The van der Waals surface area contributed by atoms with Crippen LogP contribution < -0.4 is 20.1 Å². The SMILES string of the molecule is CCOc1ccc(NC(=O)c2ccccc2NC(=O)C(CC)Oc2ccccc2C(C)CC)cc1. The Morgan fingerprint density at radius 2 is 1.51 bits per heavy atom. The molecule has 0 aliphatic rings. The van der Waals surface area contributed by atoms with Crippen LogP contribution in [0.25, 0.3) is 0 Å². The summed E-state index contributed by atoms with van der Waals surface area (Å²) in [6.45, 7) is 8.66. The van der Waals surface area contributed by atoms with Gasteiger partial charge in [-0.3, -0.25) is 9.59 Å². The molecule has 2 N–H and O–H groups in total. The fraction of sp³-hybridized carbons (Fsp3) is 0.310. The van der Waals surface area contributed by atoms with Crippen LogP contribution in [-0.2, 0) is 4.79 Å². The maximum atomic E-state index is 13.1. The summed E-state index contributed by atoms with van der Waals surface area (Å²) in [6, 6.07) is 21.9. The third-order valence-corrected chi connectivity index (χ3v) is 5.85. The second-order valence-corrected chi connectivity index (χ2v) is 8.31. The molecule has 3 aromatic carbocycles. The number of ether oxygens (including phenoxy) is 2. The average Bonchev–Trinajstić information content (AvgIpc) is 2.88. The zero-order valence-electron chi connectivity index (χ0n) is 20.8. The van der Waals surface area contributed by atoms with E-state index in [9.17, 15) is 9.59 Å². The van der Waals surface area contributed by atoms with Crippen LogP contribution in [0.1, 0.15) is 62.4 Å². The first kappa shape index (κ1) is 25.8. The van der Waals surface area contributed by atoms with Crippen LogP contribution in [-0.4, -0.2) is 24.5 Å². The molecule has 0 heterocycles.